The van der Waals surface area contributed by atoms with Gasteiger partial charge < -0.3 is 9.32 Å². The molecule has 1 amide bonds. The zero-order chi connectivity index (χ0) is 16.4. The number of nitrogens with zero attached hydrogens (tertiary/aromatic N) is 2. The number of hydrogen-bond acceptors (Lipinski definition) is 3. The molecule has 4 heteroatoms. The molecule has 4 nitrogen and oxygen atoms in total. The van der Waals surface area contributed by atoms with E-state index in [2.05, 4.69) is 36.1 Å². The first-order chi connectivity index (χ1) is 11.0. The number of carbonyl (C=O) groups is 1. The lowest BCUT2D eigenvalue weighted by atomic mass is 10.1. The summed E-state index contributed by atoms with van der Waals surface area (Å²) in [4.78, 5) is 17.1. The molecule has 2 heterocycles. The summed E-state index contributed by atoms with van der Waals surface area (Å²) in [6, 6.07) is 12.5. The van der Waals surface area contributed by atoms with E-state index < -0.39 is 0 Å². The van der Waals surface area contributed by atoms with Gasteiger partial charge in [-0.1, -0.05) is 30.3 Å². The van der Waals surface area contributed by atoms with Crippen LogP contribution in [0, 0.1) is 13.8 Å². The molecule has 1 aromatic heterocycles. The summed E-state index contributed by atoms with van der Waals surface area (Å²) < 4.78 is 5.50. The average Bonchev–Trinajstić information content (AvgIpc) is 2.86. The number of hydrogen-bond donors (Lipinski definition) is 0. The van der Waals surface area contributed by atoms with E-state index in [1.54, 1.807) is 0 Å². The lowest BCUT2D eigenvalue weighted by Crippen LogP contribution is -2.53. The molecule has 1 aromatic carbocycles. The molecule has 0 saturated carbocycles. The highest BCUT2D eigenvalue weighted by Gasteiger charge is 2.29. The zero-order valence-electron chi connectivity index (χ0n) is 14.1. The molecular formula is C19H24N2O2. The number of carbonyl (C=O) groups excluding carboxylic acids is 1. The summed E-state index contributed by atoms with van der Waals surface area (Å²) >= 11 is 0. The van der Waals surface area contributed by atoms with Gasteiger partial charge in [-0.25, -0.2) is 0 Å². The second kappa shape index (κ2) is 6.59. The van der Waals surface area contributed by atoms with Gasteiger partial charge in [0.05, 0.1) is 5.56 Å². The first kappa shape index (κ1) is 15.8. The van der Waals surface area contributed by atoms with E-state index >= 15 is 0 Å². The molecule has 2 aromatic rings. The van der Waals surface area contributed by atoms with Crippen LogP contribution in [0.15, 0.2) is 40.8 Å². The van der Waals surface area contributed by atoms with Crippen molar-refractivity contribution in [1.29, 1.82) is 0 Å². The molecule has 1 atom stereocenters. The van der Waals surface area contributed by atoms with Crippen LogP contribution in [0.4, 0.5) is 0 Å². The molecule has 0 bridgehead atoms. The maximum atomic E-state index is 12.8. The minimum Gasteiger partial charge on any atom is -0.466 e. The topological polar surface area (TPSA) is 36.7 Å². The van der Waals surface area contributed by atoms with Gasteiger partial charge in [0.15, 0.2) is 0 Å². The number of furan rings is 1. The summed E-state index contributed by atoms with van der Waals surface area (Å²) in [5, 5.41) is 0. The van der Waals surface area contributed by atoms with Crippen LogP contribution in [-0.2, 0) is 6.54 Å². The van der Waals surface area contributed by atoms with Gasteiger partial charge in [0.2, 0.25) is 0 Å². The second-order valence-corrected chi connectivity index (χ2v) is 6.40. The monoisotopic (exact) mass is 312 g/mol. The lowest BCUT2D eigenvalue weighted by Gasteiger charge is -2.39. The lowest BCUT2D eigenvalue weighted by molar-refractivity contribution is 0.0474. The predicted octanol–water partition coefficient (Wildman–Crippen LogP) is 3.24. The molecule has 3 rings (SSSR count). The van der Waals surface area contributed by atoms with Gasteiger partial charge in [0, 0.05) is 32.2 Å². The Labute approximate surface area is 137 Å². The molecule has 122 valence electrons. The third-order valence-corrected chi connectivity index (χ3v) is 4.49. The van der Waals surface area contributed by atoms with Gasteiger partial charge in [-0.3, -0.25) is 9.69 Å². The zero-order valence-corrected chi connectivity index (χ0v) is 14.1. The second-order valence-electron chi connectivity index (χ2n) is 6.40. The molecule has 1 saturated heterocycles. The normalized spacial score (nSPS) is 19.1. The highest BCUT2D eigenvalue weighted by atomic mass is 16.3. The fourth-order valence-electron chi connectivity index (χ4n) is 3.32. The van der Waals surface area contributed by atoms with Gasteiger partial charge in [0.1, 0.15) is 11.5 Å². The van der Waals surface area contributed by atoms with Crippen LogP contribution in [0.1, 0.15) is 34.4 Å². The Morgan fingerprint density at radius 2 is 1.96 bits per heavy atom. The van der Waals surface area contributed by atoms with Crippen LogP contribution in [0.5, 0.6) is 0 Å². The molecule has 0 aliphatic carbocycles. The molecule has 23 heavy (non-hydrogen) atoms. The Morgan fingerprint density at radius 3 is 2.57 bits per heavy atom. The van der Waals surface area contributed by atoms with Gasteiger partial charge in [-0.05, 0) is 32.4 Å². The molecule has 0 unspecified atom stereocenters. The molecule has 0 radical (unpaired) electrons. The van der Waals surface area contributed by atoms with Crippen molar-refractivity contribution >= 4 is 5.91 Å². The summed E-state index contributed by atoms with van der Waals surface area (Å²) in [6.45, 7) is 9.36. The molecular weight excluding hydrogens is 288 g/mol. The first-order valence-electron chi connectivity index (χ1n) is 8.19. The maximum absolute atomic E-state index is 12.8. The fourth-order valence-corrected chi connectivity index (χ4v) is 3.32. The van der Waals surface area contributed by atoms with Crippen molar-refractivity contribution in [3.05, 3.63) is 59.0 Å². The largest absolute Gasteiger partial charge is 0.466 e. The smallest absolute Gasteiger partial charge is 0.257 e. The Bertz CT molecular complexity index is 678. The van der Waals surface area contributed by atoms with Crippen LogP contribution in [0.2, 0.25) is 0 Å². The summed E-state index contributed by atoms with van der Waals surface area (Å²) in [5.41, 5.74) is 2.02. The fraction of sp³-hybridized carbons (Fsp3) is 0.421. The third kappa shape index (κ3) is 3.48. The van der Waals surface area contributed by atoms with Gasteiger partial charge in [-0.2, -0.15) is 0 Å². The highest BCUT2D eigenvalue weighted by molar-refractivity contribution is 5.95. The van der Waals surface area contributed by atoms with E-state index in [0.717, 1.165) is 31.9 Å². The van der Waals surface area contributed by atoms with Crippen molar-refractivity contribution in [2.24, 2.45) is 0 Å². The Morgan fingerprint density at radius 1 is 1.22 bits per heavy atom. The number of benzene rings is 1. The molecule has 1 aliphatic heterocycles. The standard InChI is InChI=1S/C19H24N2O2/c1-14-12-20(13-17-7-5-4-6-8-17)9-10-21(14)19(22)18-11-15(2)23-16(18)3/h4-8,11,14H,9-10,12-13H2,1-3H3/t14-/m1/s1. The van der Waals surface area contributed by atoms with Crippen molar-refractivity contribution in [3.63, 3.8) is 0 Å². The summed E-state index contributed by atoms with van der Waals surface area (Å²) in [6.07, 6.45) is 0. The summed E-state index contributed by atoms with van der Waals surface area (Å²) in [5.74, 6) is 1.60. The first-order valence-corrected chi connectivity index (χ1v) is 8.19. The number of amides is 1. The quantitative estimate of drug-likeness (QED) is 0.873. The maximum Gasteiger partial charge on any atom is 0.257 e. The van der Waals surface area contributed by atoms with Gasteiger partial charge in [-0.15, -0.1) is 0 Å². The Hall–Kier alpha value is -2.07. The van der Waals surface area contributed by atoms with Crippen molar-refractivity contribution in [1.82, 2.24) is 9.80 Å². The van der Waals surface area contributed by atoms with Gasteiger partial charge >= 0.3 is 0 Å². The SMILES string of the molecule is Cc1cc(C(=O)N2CCN(Cc3ccccc3)C[C@H]2C)c(C)o1. The Kier molecular flexibility index (Phi) is 4.53. The Balaban J connectivity index is 1.64. The van der Waals surface area contributed by atoms with E-state index in [1.807, 2.05) is 30.9 Å². The van der Waals surface area contributed by atoms with Crippen molar-refractivity contribution < 1.29 is 9.21 Å². The molecule has 0 spiro atoms. The average molecular weight is 312 g/mol. The van der Waals surface area contributed by atoms with Crippen LogP contribution < -0.4 is 0 Å². The van der Waals surface area contributed by atoms with Crippen molar-refractivity contribution in [2.45, 2.75) is 33.4 Å². The molecule has 0 N–H and O–H groups in total. The van der Waals surface area contributed by atoms with Crippen molar-refractivity contribution in [2.75, 3.05) is 19.6 Å². The number of aryl methyl sites for hydroxylation is 2. The summed E-state index contributed by atoms with van der Waals surface area (Å²) in [7, 11) is 0. The minimum atomic E-state index is 0.0891. The predicted molar refractivity (Wildman–Crippen MR) is 90.4 cm³/mol. The number of piperazine rings is 1. The molecule has 1 aliphatic rings. The van der Waals surface area contributed by atoms with Crippen LogP contribution >= 0.6 is 0 Å². The van der Waals surface area contributed by atoms with Crippen LogP contribution in [0.25, 0.3) is 0 Å². The third-order valence-electron chi connectivity index (χ3n) is 4.49. The molecule has 1 fully saturated rings. The van der Waals surface area contributed by atoms with Crippen LogP contribution in [0.3, 0.4) is 0 Å². The van der Waals surface area contributed by atoms with Crippen LogP contribution in [-0.4, -0.2) is 41.4 Å². The highest BCUT2D eigenvalue weighted by Crippen LogP contribution is 2.20. The van der Waals surface area contributed by atoms with E-state index in [0.29, 0.717) is 11.3 Å². The van der Waals surface area contributed by atoms with Gasteiger partial charge in [0.25, 0.3) is 5.91 Å². The van der Waals surface area contributed by atoms with Crippen molar-refractivity contribution in [3.8, 4) is 0 Å². The minimum absolute atomic E-state index is 0.0891. The van der Waals surface area contributed by atoms with E-state index in [1.165, 1.54) is 5.56 Å². The van der Waals surface area contributed by atoms with E-state index in [-0.39, 0.29) is 11.9 Å². The number of rotatable bonds is 3. The van der Waals surface area contributed by atoms with E-state index in [4.69, 9.17) is 4.42 Å². The van der Waals surface area contributed by atoms with E-state index in [9.17, 15) is 4.79 Å².